The van der Waals surface area contributed by atoms with E-state index in [4.69, 9.17) is 9.94 Å². The Morgan fingerprint density at radius 2 is 2.33 bits per heavy atom. The van der Waals surface area contributed by atoms with Crippen molar-refractivity contribution in [1.82, 2.24) is 10.0 Å². The number of morpholine rings is 1. The Hall–Kier alpha value is -0.690. The van der Waals surface area contributed by atoms with Crippen molar-refractivity contribution >= 4 is 16.5 Å². The molecule has 0 spiro atoms. The van der Waals surface area contributed by atoms with Gasteiger partial charge in [0, 0.05) is 31.2 Å². The summed E-state index contributed by atoms with van der Waals surface area (Å²) in [4.78, 5) is 7.63. The summed E-state index contributed by atoms with van der Waals surface area (Å²) in [5.74, 6) is 0. The lowest BCUT2D eigenvalue weighted by Crippen LogP contribution is -2.36. The normalized spacial score (nSPS) is 17.4. The average Bonchev–Trinajstić information content (AvgIpc) is 2.67. The highest BCUT2D eigenvalue weighted by Crippen LogP contribution is 2.23. The van der Waals surface area contributed by atoms with E-state index >= 15 is 0 Å². The van der Waals surface area contributed by atoms with Crippen molar-refractivity contribution in [2.24, 2.45) is 0 Å². The predicted octanol–water partition coefficient (Wildman–Crippen LogP) is 0.801. The second-order valence-corrected chi connectivity index (χ2v) is 4.62. The smallest absolute Gasteiger partial charge is 0.185 e. The van der Waals surface area contributed by atoms with Crippen LogP contribution in [-0.2, 0) is 11.3 Å². The van der Waals surface area contributed by atoms with Gasteiger partial charge in [-0.1, -0.05) is 0 Å². The summed E-state index contributed by atoms with van der Waals surface area (Å²) < 4.78 is 5.28. The second kappa shape index (κ2) is 4.89. The molecule has 2 heterocycles. The van der Waals surface area contributed by atoms with Crippen LogP contribution >= 0.6 is 11.3 Å². The number of hydrogen-bond acceptors (Lipinski definition) is 6. The van der Waals surface area contributed by atoms with Gasteiger partial charge in [-0.2, -0.15) is 5.06 Å². The van der Waals surface area contributed by atoms with E-state index in [0.29, 0.717) is 6.54 Å². The largest absolute Gasteiger partial charge is 0.378 e. The summed E-state index contributed by atoms with van der Waals surface area (Å²) in [6, 6.07) is 0. The van der Waals surface area contributed by atoms with Gasteiger partial charge in [0.15, 0.2) is 5.13 Å². The Morgan fingerprint density at radius 3 is 3.00 bits per heavy atom. The summed E-state index contributed by atoms with van der Waals surface area (Å²) in [5.41, 5.74) is 0. The van der Waals surface area contributed by atoms with E-state index in [9.17, 15) is 0 Å². The minimum Gasteiger partial charge on any atom is -0.378 e. The molecule has 2 rings (SSSR count). The summed E-state index contributed by atoms with van der Waals surface area (Å²) >= 11 is 1.63. The molecule has 1 aromatic rings. The fourth-order valence-corrected chi connectivity index (χ4v) is 2.51. The number of rotatable bonds is 3. The van der Waals surface area contributed by atoms with Crippen LogP contribution in [0.5, 0.6) is 0 Å². The zero-order valence-electron chi connectivity index (χ0n) is 8.72. The molecule has 1 aromatic heterocycles. The maximum atomic E-state index is 9.10. The Bertz CT molecular complexity index is 310. The van der Waals surface area contributed by atoms with Gasteiger partial charge in [0.1, 0.15) is 0 Å². The van der Waals surface area contributed by atoms with E-state index in [0.717, 1.165) is 41.4 Å². The molecule has 0 unspecified atom stereocenters. The molecule has 15 heavy (non-hydrogen) atoms. The minimum absolute atomic E-state index is 0.530. The average molecular weight is 229 g/mol. The molecule has 0 amide bonds. The van der Waals surface area contributed by atoms with E-state index < -0.39 is 0 Å². The second-order valence-electron chi connectivity index (χ2n) is 3.52. The third-order valence-corrected chi connectivity index (χ3v) is 3.25. The number of hydrogen-bond donors (Lipinski definition) is 1. The lowest BCUT2D eigenvalue weighted by molar-refractivity contribution is -0.0723. The van der Waals surface area contributed by atoms with Crippen LogP contribution in [0.25, 0.3) is 0 Å². The van der Waals surface area contributed by atoms with Crippen LogP contribution in [0.2, 0.25) is 0 Å². The molecule has 84 valence electrons. The van der Waals surface area contributed by atoms with Crippen LogP contribution in [0.3, 0.4) is 0 Å². The Balaban J connectivity index is 1.99. The van der Waals surface area contributed by atoms with Crippen LogP contribution in [0.15, 0.2) is 6.20 Å². The maximum Gasteiger partial charge on any atom is 0.185 e. The topological polar surface area (TPSA) is 48.8 Å². The van der Waals surface area contributed by atoms with Gasteiger partial charge >= 0.3 is 0 Å². The standard InChI is InChI=1S/C9H15N3O2S/c1-11(13)7-8-6-10-9(15-8)12-2-4-14-5-3-12/h6,13H,2-5,7H2,1H3. The van der Waals surface area contributed by atoms with Crippen LogP contribution in [-0.4, -0.2) is 48.6 Å². The molecule has 5 nitrogen and oxygen atoms in total. The van der Waals surface area contributed by atoms with Crippen molar-refractivity contribution < 1.29 is 9.94 Å². The van der Waals surface area contributed by atoms with Crippen molar-refractivity contribution in [2.45, 2.75) is 6.54 Å². The van der Waals surface area contributed by atoms with Gasteiger partial charge in [0.25, 0.3) is 0 Å². The molecule has 0 aromatic carbocycles. The first-order valence-corrected chi connectivity index (χ1v) is 5.75. The Morgan fingerprint density at radius 1 is 1.60 bits per heavy atom. The first kappa shape index (κ1) is 10.8. The first-order valence-electron chi connectivity index (χ1n) is 4.93. The van der Waals surface area contributed by atoms with Crippen LogP contribution in [0.4, 0.5) is 5.13 Å². The quantitative estimate of drug-likeness (QED) is 0.777. The van der Waals surface area contributed by atoms with Gasteiger partial charge in [0.2, 0.25) is 0 Å². The van der Waals surface area contributed by atoms with Crippen molar-refractivity contribution in [3.05, 3.63) is 11.1 Å². The molecule has 0 atom stereocenters. The molecule has 0 bridgehead atoms. The highest BCUT2D eigenvalue weighted by Gasteiger charge is 2.14. The van der Waals surface area contributed by atoms with Gasteiger partial charge in [0.05, 0.1) is 19.8 Å². The SMILES string of the molecule is CN(O)Cc1cnc(N2CCOCC2)s1. The summed E-state index contributed by atoms with van der Waals surface area (Å²) in [7, 11) is 1.63. The van der Waals surface area contributed by atoms with Gasteiger partial charge in [-0.15, -0.1) is 11.3 Å². The number of anilines is 1. The fraction of sp³-hybridized carbons (Fsp3) is 0.667. The number of hydroxylamine groups is 2. The third kappa shape index (κ3) is 2.88. The van der Waals surface area contributed by atoms with E-state index in [1.165, 1.54) is 0 Å². The molecule has 1 aliphatic rings. The maximum absolute atomic E-state index is 9.10. The lowest BCUT2D eigenvalue weighted by atomic mass is 10.5. The van der Waals surface area contributed by atoms with Crippen molar-refractivity contribution in [3.63, 3.8) is 0 Å². The molecular formula is C9H15N3O2S. The number of thiazole rings is 1. The van der Waals surface area contributed by atoms with Crippen molar-refractivity contribution in [3.8, 4) is 0 Å². The predicted molar refractivity (Wildman–Crippen MR) is 58.4 cm³/mol. The van der Waals surface area contributed by atoms with E-state index in [1.54, 1.807) is 18.4 Å². The lowest BCUT2D eigenvalue weighted by Gasteiger charge is -2.26. The van der Waals surface area contributed by atoms with Gasteiger partial charge in [-0.3, -0.25) is 0 Å². The van der Waals surface area contributed by atoms with Gasteiger partial charge < -0.3 is 14.8 Å². The molecular weight excluding hydrogens is 214 g/mol. The van der Waals surface area contributed by atoms with Crippen LogP contribution < -0.4 is 4.90 Å². The van der Waals surface area contributed by atoms with Crippen molar-refractivity contribution in [2.75, 3.05) is 38.3 Å². The molecule has 1 aliphatic heterocycles. The fourth-order valence-electron chi connectivity index (χ4n) is 1.50. The molecule has 1 saturated heterocycles. The molecule has 1 fully saturated rings. The zero-order valence-corrected chi connectivity index (χ0v) is 9.53. The molecule has 1 N–H and O–H groups in total. The molecule has 6 heteroatoms. The number of ether oxygens (including phenoxy) is 1. The Labute approximate surface area is 92.9 Å². The summed E-state index contributed by atoms with van der Waals surface area (Å²) in [6.45, 7) is 3.88. The molecule has 0 saturated carbocycles. The van der Waals surface area contributed by atoms with E-state index in [1.807, 2.05) is 6.20 Å². The highest BCUT2D eigenvalue weighted by molar-refractivity contribution is 7.15. The number of nitrogens with zero attached hydrogens (tertiary/aromatic N) is 3. The van der Waals surface area contributed by atoms with Gasteiger partial charge in [-0.25, -0.2) is 4.98 Å². The minimum atomic E-state index is 0.530. The monoisotopic (exact) mass is 229 g/mol. The van der Waals surface area contributed by atoms with Crippen LogP contribution in [0.1, 0.15) is 4.88 Å². The zero-order chi connectivity index (χ0) is 10.7. The van der Waals surface area contributed by atoms with Crippen LogP contribution in [0, 0.1) is 0 Å². The number of aromatic nitrogens is 1. The molecule has 0 aliphatic carbocycles. The third-order valence-electron chi connectivity index (χ3n) is 2.21. The highest BCUT2D eigenvalue weighted by atomic mass is 32.1. The van der Waals surface area contributed by atoms with E-state index in [-0.39, 0.29) is 0 Å². The van der Waals surface area contributed by atoms with Gasteiger partial charge in [-0.05, 0) is 0 Å². The van der Waals surface area contributed by atoms with Crippen molar-refractivity contribution in [1.29, 1.82) is 0 Å². The first-order chi connectivity index (χ1) is 7.25. The van der Waals surface area contributed by atoms with E-state index in [2.05, 4.69) is 9.88 Å². The molecule has 0 radical (unpaired) electrons. The summed E-state index contributed by atoms with van der Waals surface area (Å²) in [5, 5.41) is 11.3. The summed E-state index contributed by atoms with van der Waals surface area (Å²) in [6.07, 6.45) is 1.82. The Kier molecular flexibility index (Phi) is 3.53.